The Morgan fingerprint density at radius 2 is 1.80 bits per heavy atom. The van der Waals surface area contributed by atoms with E-state index in [1.165, 1.54) is 32.1 Å². The number of aliphatic imine (C=N–C) groups is 1. The van der Waals surface area contributed by atoms with Crippen molar-refractivity contribution in [1.29, 1.82) is 0 Å². The van der Waals surface area contributed by atoms with E-state index in [1.54, 1.807) is 0 Å². The third kappa shape index (κ3) is 5.31. The van der Waals surface area contributed by atoms with Crippen molar-refractivity contribution in [2.75, 3.05) is 6.54 Å². The highest BCUT2D eigenvalue weighted by Gasteiger charge is 2.22. The van der Waals surface area contributed by atoms with Crippen LogP contribution in [-0.2, 0) is 0 Å². The van der Waals surface area contributed by atoms with Gasteiger partial charge in [0.1, 0.15) is 0 Å². The molecule has 0 heterocycles. The maximum atomic E-state index is 5.79. The minimum Gasteiger partial charge on any atom is -0.339 e. The maximum absolute atomic E-state index is 5.79. The zero-order valence-electron chi connectivity index (χ0n) is 13.9. The molecule has 4 heteroatoms. The Labute approximate surface area is 125 Å². The van der Waals surface area contributed by atoms with E-state index in [0.717, 1.165) is 25.3 Å². The lowest BCUT2D eigenvalue weighted by molar-refractivity contribution is 0.256. The minimum atomic E-state index is 0.457. The zero-order valence-corrected chi connectivity index (χ0v) is 13.9. The van der Waals surface area contributed by atoms with Crippen molar-refractivity contribution >= 4 is 5.96 Å². The fraction of sp³-hybridized carbons (Fsp3) is 0.938. The van der Waals surface area contributed by atoms with Gasteiger partial charge >= 0.3 is 0 Å². The fourth-order valence-corrected chi connectivity index (χ4v) is 3.11. The summed E-state index contributed by atoms with van der Waals surface area (Å²) in [6.45, 7) is 10.0. The molecule has 0 aromatic heterocycles. The molecule has 20 heavy (non-hydrogen) atoms. The summed E-state index contributed by atoms with van der Waals surface area (Å²) in [5.41, 5.74) is 2.88. The van der Waals surface area contributed by atoms with Crippen LogP contribution in [0, 0.1) is 5.92 Å². The van der Waals surface area contributed by atoms with E-state index in [4.69, 9.17) is 10.8 Å². The molecule has 4 nitrogen and oxygen atoms in total. The van der Waals surface area contributed by atoms with Gasteiger partial charge in [0.15, 0.2) is 0 Å². The molecule has 0 amide bonds. The summed E-state index contributed by atoms with van der Waals surface area (Å²) in [6, 6.07) is 0.981. The quantitative estimate of drug-likeness (QED) is 0.340. The van der Waals surface area contributed by atoms with Gasteiger partial charge in [-0.25, -0.2) is 10.8 Å². The number of hydrazine groups is 1. The average molecular weight is 282 g/mol. The Morgan fingerprint density at radius 3 is 2.25 bits per heavy atom. The predicted octanol–water partition coefficient (Wildman–Crippen LogP) is 3.29. The first-order valence-electron chi connectivity index (χ1n) is 8.43. The van der Waals surface area contributed by atoms with Gasteiger partial charge in [-0.15, -0.1) is 0 Å². The van der Waals surface area contributed by atoms with Crippen LogP contribution in [0.5, 0.6) is 0 Å². The van der Waals surface area contributed by atoms with Crippen molar-refractivity contribution in [3.05, 3.63) is 0 Å². The highest BCUT2D eigenvalue weighted by atomic mass is 15.4. The molecule has 0 unspecified atom stereocenters. The first-order chi connectivity index (χ1) is 9.62. The minimum absolute atomic E-state index is 0.457. The predicted molar refractivity (Wildman–Crippen MR) is 87.5 cm³/mol. The van der Waals surface area contributed by atoms with Gasteiger partial charge in [-0.2, -0.15) is 0 Å². The van der Waals surface area contributed by atoms with E-state index in [1.807, 2.05) is 0 Å². The number of nitrogens with two attached hydrogens (primary N) is 1. The van der Waals surface area contributed by atoms with E-state index >= 15 is 0 Å². The topological polar surface area (TPSA) is 53.6 Å². The second-order valence-corrected chi connectivity index (χ2v) is 6.41. The van der Waals surface area contributed by atoms with Crippen LogP contribution in [0.1, 0.15) is 72.6 Å². The summed E-state index contributed by atoms with van der Waals surface area (Å²) in [6.07, 6.45) is 8.67. The molecule has 1 saturated carbocycles. The van der Waals surface area contributed by atoms with Crippen molar-refractivity contribution in [3.8, 4) is 0 Å². The van der Waals surface area contributed by atoms with Gasteiger partial charge in [-0.1, -0.05) is 47.0 Å². The van der Waals surface area contributed by atoms with Crippen molar-refractivity contribution < 1.29 is 0 Å². The molecule has 0 aliphatic heterocycles. The lowest BCUT2D eigenvalue weighted by Crippen LogP contribution is -2.51. The molecule has 1 rings (SSSR count). The first-order valence-corrected chi connectivity index (χ1v) is 8.43. The molecule has 3 N–H and O–H groups in total. The number of hydrogen-bond acceptors (Lipinski definition) is 2. The zero-order chi connectivity index (χ0) is 15.0. The number of nitrogens with zero attached hydrogens (tertiary/aromatic N) is 2. The van der Waals surface area contributed by atoms with Gasteiger partial charge in [0.05, 0.1) is 6.04 Å². The third-order valence-corrected chi connectivity index (χ3v) is 4.23. The Bertz CT molecular complexity index is 278. The molecule has 0 spiro atoms. The van der Waals surface area contributed by atoms with E-state index < -0.39 is 0 Å². The standard InChI is InChI=1S/C16H34N4/c1-5-15(6-2)20(12-13(3)4)16(19-17)18-14-10-8-7-9-11-14/h13-15H,5-12,17H2,1-4H3,(H,18,19). The summed E-state index contributed by atoms with van der Waals surface area (Å²) in [7, 11) is 0. The monoisotopic (exact) mass is 282 g/mol. The van der Waals surface area contributed by atoms with Gasteiger partial charge in [0.25, 0.3) is 0 Å². The Kier molecular flexibility index (Phi) is 7.97. The van der Waals surface area contributed by atoms with Gasteiger partial charge in [-0.05, 0) is 31.6 Å². The maximum Gasteiger partial charge on any atom is 0.208 e. The Balaban J connectivity index is 2.84. The average Bonchev–Trinajstić information content (AvgIpc) is 2.45. The molecule has 0 aromatic rings. The number of hydrogen-bond donors (Lipinski definition) is 2. The second-order valence-electron chi connectivity index (χ2n) is 6.41. The number of guanidine groups is 1. The second kappa shape index (κ2) is 9.22. The van der Waals surface area contributed by atoms with Crippen LogP contribution in [0.3, 0.4) is 0 Å². The van der Waals surface area contributed by atoms with Gasteiger partial charge < -0.3 is 4.90 Å². The van der Waals surface area contributed by atoms with Crippen LogP contribution >= 0.6 is 0 Å². The molecule has 118 valence electrons. The van der Waals surface area contributed by atoms with E-state index in [-0.39, 0.29) is 0 Å². The van der Waals surface area contributed by atoms with Crippen LogP contribution in [0.25, 0.3) is 0 Å². The molecule has 1 aliphatic carbocycles. The van der Waals surface area contributed by atoms with Gasteiger partial charge in [-0.3, -0.25) is 5.43 Å². The van der Waals surface area contributed by atoms with Crippen LogP contribution < -0.4 is 11.3 Å². The van der Waals surface area contributed by atoms with E-state index in [0.29, 0.717) is 18.0 Å². The van der Waals surface area contributed by atoms with Crippen molar-refractivity contribution in [1.82, 2.24) is 10.3 Å². The fourth-order valence-electron chi connectivity index (χ4n) is 3.11. The van der Waals surface area contributed by atoms with Gasteiger partial charge in [0.2, 0.25) is 5.96 Å². The molecule has 0 bridgehead atoms. The van der Waals surface area contributed by atoms with Crippen LogP contribution in [0.2, 0.25) is 0 Å². The normalized spacial score (nSPS) is 17.9. The molecule has 1 fully saturated rings. The molecule has 0 saturated heterocycles. The number of rotatable bonds is 6. The number of nitrogens with one attached hydrogen (secondary N) is 1. The smallest absolute Gasteiger partial charge is 0.208 e. The molecule has 0 aromatic carbocycles. The van der Waals surface area contributed by atoms with Crippen molar-refractivity contribution in [2.45, 2.75) is 84.7 Å². The summed E-state index contributed by atoms with van der Waals surface area (Å²) in [4.78, 5) is 7.32. The van der Waals surface area contributed by atoms with Crippen LogP contribution in [0.4, 0.5) is 0 Å². The molecule has 0 atom stereocenters. The lowest BCUT2D eigenvalue weighted by Gasteiger charge is -2.35. The Morgan fingerprint density at radius 1 is 1.20 bits per heavy atom. The first kappa shape index (κ1) is 17.3. The summed E-state index contributed by atoms with van der Waals surface area (Å²) in [5.74, 6) is 7.31. The highest BCUT2D eigenvalue weighted by molar-refractivity contribution is 5.80. The molecular weight excluding hydrogens is 248 g/mol. The van der Waals surface area contributed by atoms with Crippen molar-refractivity contribution in [3.63, 3.8) is 0 Å². The van der Waals surface area contributed by atoms with Crippen LogP contribution in [-0.4, -0.2) is 29.5 Å². The summed E-state index contributed by atoms with van der Waals surface area (Å²) < 4.78 is 0. The summed E-state index contributed by atoms with van der Waals surface area (Å²) in [5, 5.41) is 0. The highest BCUT2D eigenvalue weighted by Crippen LogP contribution is 2.21. The largest absolute Gasteiger partial charge is 0.339 e. The SMILES string of the molecule is CCC(CC)N(CC(C)C)C(=NC1CCCCC1)NN. The third-order valence-electron chi connectivity index (χ3n) is 4.23. The Hall–Kier alpha value is -0.770. The van der Waals surface area contributed by atoms with Crippen LogP contribution in [0.15, 0.2) is 4.99 Å². The molecule has 0 radical (unpaired) electrons. The molecular formula is C16H34N4. The lowest BCUT2D eigenvalue weighted by atomic mass is 9.96. The van der Waals surface area contributed by atoms with Crippen molar-refractivity contribution in [2.24, 2.45) is 16.8 Å². The van der Waals surface area contributed by atoms with Gasteiger partial charge in [0, 0.05) is 12.6 Å². The van der Waals surface area contributed by atoms with E-state index in [2.05, 4.69) is 38.0 Å². The molecule has 1 aliphatic rings. The summed E-state index contributed by atoms with van der Waals surface area (Å²) >= 11 is 0. The van der Waals surface area contributed by atoms with E-state index in [9.17, 15) is 0 Å².